The Bertz CT molecular complexity index is 580. The molecule has 0 radical (unpaired) electrons. The normalized spacial score (nSPS) is 17.4. The van der Waals surface area contributed by atoms with Crippen LogP contribution in [0.5, 0.6) is 0 Å². The molecule has 3 heteroatoms. The van der Waals surface area contributed by atoms with Gasteiger partial charge in [-0.15, -0.1) is 0 Å². The van der Waals surface area contributed by atoms with Gasteiger partial charge in [0.2, 0.25) is 0 Å². The van der Waals surface area contributed by atoms with Gasteiger partial charge in [0.1, 0.15) is 0 Å². The molecule has 1 N–H and O–H groups in total. The van der Waals surface area contributed by atoms with Crippen molar-refractivity contribution in [3.63, 3.8) is 0 Å². The maximum absolute atomic E-state index is 4.48. The molecular formula is C16H19N3. The topological polar surface area (TPSA) is 28.2 Å². The van der Waals surface area contributed by atoms with Gasteiger partial charge in [0.25, 0.3) is 0 Å². The zero-order valence-corrected chi connectivity index (χ0v) is 11.4. The van der Waals surface area contributed by atoms with Crippen molar-refractivity contribution < 1.29 is 0 Å². The molecular weight excluding hydrogens is 234 g/mol. The molecule has 0 saturated carbocycles. The number of pyridine rings is 1. The Hall–Kier alpha value is -2.03. The summed E-state index contributed by atoms with van der Waals surface area (Å²) in [6.07, 6.45) is 3.00. The Kier molecular flexibility index (Phi) is 3.11. The number of benzene rings is 1. The average Bonchev–Trinajstić information content (AvgIpc) is 2.76. The number of aromatic nitrogens is 1. The fourth-order valence-corrected chi connectivity index (χ4v) is 2.77. The van der Waals surface area contributed by atoms with Gasteiger partial charge in [-0.3, -0.25) is 4.98 Å². The van der Waals surface area contributed by atoms with Crippen molar-refractivity contribution in [2.45, 2.75) is 25.9 Å². The van der Waals surface area contributed by atoms with E-state index in [1.165, 1.54) is 11.3 Å². The minimum atomic E-state index is 0.539. The van der Waals surface area contributed by atoms with Gasteiger partial charge in [-0.1, -0.05) is 18.2 Å². The Morgan fingerprint density at radius 2 is 2.16 bits per heavy atom. The highest BCUT2D eigenvalue weighted by atomic mass is 15.2. The number of fused-ring (bicyclic) bond motifs is 1. The standard InChI is InChI=1S/C16H19N3/c1-12-9-13-5-3-4-6-16(13)19(12)11-15-10-14(17-2)7-8-18-15/h3-8,10,12H,9,11H2,1-2H3,(H,17,18). The molecule has 0 bridgehead atoms. The van der Waals surface area contributed by atoms with Gasteiger partial charge in [-0.05, 0) is 37.1 Å². The molecule has 0 amide bonds. The molecule has 1 unspecified atom stereocenters. The Morgan fingerprint density at radius 1 is 1.32 bits per heavy atom. The number of para-hydroxylation sites is 1. The highest BCUT2D eigenvalue weighted by Crippen LogP contribution is 2.32. The van der Waals surface area contributed by atoms with Crippen LogP contribution in [0.25, 0.3) is 0 Å². The summed E-state index contributed by atoms with van der Waals surface area (Å²) in [5.41, 5.74) is 5.02. The summed E-state index contributed by atoms with van der Waals surface area (Å²) in [6.45, 7) is 3.15. The summed E-state index contributed by atoms with van der Waals surface area (Å²) in [5, 5.41) is 3.16. The van der Waals surface area contributed by atoms with Crippen LogP contribution in [-0.2, 0) is 13.0 Å². The first-order valence-corrected chi connectivity index (χ1v) is 6.75. The third kappa shape index (κ3) is 2.28. The average molecular weight is 253 g/mol. The van der Waals surface area contributed by atoms with E-state index in [1.807, 2.05) is 19.3 Å². The summed E-state index contributed by atoms with van der Waals surface area (Å²) in [7, 11) is 1.94. The third-order valence-electron chi connectivity index (χ3n) is 3.79. The van der Waals surface area contributed by atoms with Crippen LogP contribution in [0.3, 0.4) is 0 Å². The largest absolute Gasteiger partial charge is 0.388 e. The summed E-state index contributed by atoms with van der Waals surface area (Å²) in [6, 6.07) is 13.3. The van der Waals surface area contributed by atoms with Crippen molar-refractivity contribution in [1.29, 1.82) is 0 Å². The van der Waals surface area contributed by atoms with Crippen molar-refractivity contribution in [2.24, 2.45) is 0 Å². The van der Waals surface area contributed by atoms with Gasteiger partial charge < -0.3 is 10.2 Å². The zero-order chi connectivity index (χ0) is 13.2. The fourth-order valence-electron chi connectivity index (χ4n) is 2.77. The monoisotopic (exact) mass is 253 g/mol. The zero-order valence-electron chi connectivity index (χ0n) is 11.4. The van der Waals surface area contributed by atoms with Crippen molar-refractivity contribution in [2.75, 3.05) is 17.3 Å². The molecule has 98 valence electrons. The first-order chi connectivity index (χ1) is 9.28. The van der Waals surface area contributed by atoms with Gasteiger partial charge in [0, 0.05) is 30.7 Å². The fraction of sp³-hybridized carbons (Fsp3) is 0.312. The van der Waals surface area contributed by atoms with E-state index in [4.69, 9.17) is 0 Å². The van der Waals surface area contributed by atoms with Crippen molar-refractivity contribution >= 4 is 11.4 Å². The molecule has 3 nitrogen and oxygen atoms in total. The summed E-state index contributed by atoms with van der Waals surface area (Å²) in [4.78, 5) is 6.92. The molecule has 0 fully saturated rings. The van der Waals surface area contributed by atoms with Crippen LogP contribution in [0, 0.1) is 0 Å². The smallest absolute Gasteiger partial charge is 0.0617 e. The maximum Gasteiger partial charge on any atom is 0.0617 e. The molecule has 0 spiro atoms. The van der Waals surface area contributed by atoms with E-state index >= 15 is 0 Å². The van der Waals surface area contributed by atoms with Gasteiger partial charge in [0.15, 0.2) is 0 Å². The molecule has 1 atom stereocenters. The number of rotatable bonds is 3. The SMILES string of the molecule is CNc1ccnc(CN2c3ccccc3CC2C)c1. The van der Waals surface area contributed by atoms with Gasteiger partial charge >= 0.3 is 0 Å². The first-order valence-electron chi connectivity index (χ1n) is 6.75. The molecule has 0 aliphatic carbocycles. The number of nitrogens with zero attached hydrogens (tertiary/aromatic N) is 2. The van der Waals surface area contributed by atoms with E-state index in [0.717, 1.165) is 24.3 Å². The molecule has 19 heavy (non-hydrogen) atoms. The summed E-state index contributed by atoms with van der Waals surface area (Å²) in [5.74, 6) is 0. The molecule has 1 aromatic carbocycles. The van der Waals surface area contributed by atoms with E-state index in [-0.39, 0.29) is 0 Å². The van der Waals surface area contributed by atoms with Gasteiger partial charge in [0.05, 0.1) is 12.2 Å². The second kappa shape index (κ2) is 4.92. The lowest BCUT2D eigenvalue weighted by Gasteiger charge is -2.24. The van der Waals surface area contributed by atoms with E-state index < -0.39 is 0 Å². The van der Waals surface area contributed by atoms with E-state index in [9.17, 15) is 0 Å². The number of hydrogen-bond donors (Lipinski definition) is 1. The molecule has 2 heterocycles. The second-order valence-electron chi connectivity index (χ2n) is 5.10. The molecule has 3 rings (SSSR count). The highest BCUT2D eigenvalue weighted by molar-refractivity contribution is 5.59. The first kappa shape index (κ1) is 12.0. The van der Waals surface area contributed by atoms with Crippen LogP contribution >= 0.6 is 0 Å². The molecule has 1 aliphatic heterocycles. The minimum absolute atomic E-state index is 0.539. The van der Waals surface area contributed by atoms with Crippen LogP contribution in [0.1, 0.15) is 18.2 Å². The van der Waals surface area contributed by atoms with E-state index in [2.05, 4.69) is 52.5 Å². The Labute approximate surface area is 114 Å². The van der Waals surface area contributed by atoms with Gasteiger partial charge in [-0.25, -0.2) is 0 Å². The van der Waals surface area contributed by atoms with Crippen molar-refractivity contribution in [3.8, 4) is 0 Å². The molecule has 0 saturated heterocycles. The van der Waals surface area contributed by atoms with Crippen LogP contribution < -0.4 is 10.2 Å². The van der Waals surface area contributed by atoms with Crippen molar-refractivity contribution in [1.82, 2.24) is 4.98 Å². The second-order valence-corrected chi connectivity index (χ2v) is 5.10. The molecule has 1 aromatic heterocycles. The van der Waals surface area contributed by atoms with Gasteiger partial charge in [-0.2, -0.15) is 0 Å². The Balaban J connectivity index is 1.87. The van der Waals surface area contributed by atoms with E-state index in [1.54, 1.807) is 0 Å². The number of anilines is 2. The maximum atomic E-state index is 4.48. The van der Waals surface area contributed by atoms with Crippen LogP contribution in [-0.4, -0.2) is 18.1 Å². The summed E-state index contributed by atoms with van der Waals surface area (Å²) < 4.78 is 0. The third-order valence-corrected chi connectivity index (χ3v) is 3.79. The number of hydrogen-bond acceptors (Lipinski definition) is 3. The predicted octanol–water partition coefficient (Wildman–Crippen LogP) is 3.07. The summed E-state index contributed by atoms with van der Waals surface area (Å²) >= 11 is 0. The molecule has 2 aromatic rings. The number of nitrogens with one attached hydrogen (secondary N) is 1. The highest BCUT2D eigenvalue weighted by Gasteiger charge is 2.25. The van der Waals surface area contributed by atoms with E-state index in [0.29, 0.717) is 6.04 Å². The van der Waals surface area contributed by atoms with Crippen LogP contribution in [0.15, 0.2) is 42.6 Å². The quantitative estimate of drug-likeness (QED) is 0.911. The lowest BCUT2D eigenvalue weighted by molar-refractivity contribution is 0.665. The van der Waals surface area contributed by atoms with Crippen LogP contribution in [0.4, 0.5) is 11.4 Å². The lowest BCUT2D eigenvalue weighted by atomic mass is 10.1. The van der Waals surface area contributed by atoms with Crippen molar-refractivity contribution in [3.05, 3.63) is 53.9 Å². The van der Waals surface area contributed by atoms with Crippen LogP contribution in [0.2, 0.25) is 0 Å². The molecule has 1 aliphatic rings. The lowest BCUT2D eigenvalue weighted by Crippen LogP contribution is -2.29. The predicted molar refractivity (Wildman–Crippen MR) is 79.6 cm³/mol. The minimum Gasteiger partial charge on any atom is -0.388 e. The Morgan fingerprint density at radius 3 is 3.00 bits per heavy atom.